The standard InChI is InChI=1S/C16H28NO4P/c1-15(2,3)20-22(18,21-16(4,5)6)19-14-11-9-8-10-13(14)12-17-7/h8-11,17H,12H2,1-7H3. The van der Waals surface area contributed by atoms with E-state index in [1.54, 1.807) is 6.07 Å². The van der Waals surface area contributed by atoms with Crippen molar-refractivity contribution in [2.75, 3.05) is 7.05 Å². The molecule has 22 heavy (non-hydrogen) atoms. The molecule has 0 spiro atoms. The first-order chi connectivity index (χ1) is 9.94. The molecule has 0 atom stereocenters. The molecule has 0 saturated carbocycles. The predicted molar refractivity (Wildman–Crippen MR) is 89.1 cm³/mol. The van der Waals surface area contributed by atoms with Crippen LogP contribution in [0, 0.1) is 0 Å². The Morgan fingerprint density at radius 2 is 1.50 bits per heavy atom. The number of hydrogen-bond donors (Lipinski definition) is 1. The lowest BCUT2D eigenvalue weighted by molar-refractivity contribution is 0.0223. The summed E-state index contributed by atoms with van der Waals surface area (Å²) in [7, 11) is -1.92. The van der Waals surface area contributed by atoms with Crippen LogP contribution in [-0.2, 0) is 20.2 Å². The fourth-order valence-corrected chi connectivity index (χ4v) is 3.65. The summed E-state index contributed by atoms with van der Waals surface area (Å²) in [6.07, 6.45) is 0. The second-order valence-corrected chi connectivity index (χ2v) is 8.53. The first kappa shape index (κ1) is 19.2. The van der Waals surface area contributed by atoms with Crippen LogP contribution in [0.3, 0.4) is 0 Å². The molecule has 0 bridgehead atoms. The quantitative estimate of drug-likeness (QED) is 0.778. The van der Waals surface area contributed by atoms with Crippen molar-refractivity contribution in [3.8, 4) is 5.75 Å². The minimum Gasteiger partial charge on any atom is -0.404 e. The van der Waals surface area contributed by atoms with Crippen molar-refractivity contribution in [1.29, 1.82) is 0 Å². The van der Waals surface area contributed by atoms with E-state index in [1.165, 1.54) is 0 Å². The minimum absolute atomic E-state index is 0.494. The number of phosphoric ester groups is 1. The third-order valence-corrected chi connectivity index (χ3v) is 4.28. The Kier molecular flexibility index (Phi) is 6.22. The highest BCUT2D eigenvalue weighted by molar-refractivity contribution is 7.49. The molecule has 5 nitrogen and oxygen atoms in total. The van der Waals surface area contributed by atoms with Gasteiger partial charge in [0, 0.05) is 12.1 Å². The van der Waals surface area contributed by atoms with Crippen molar-refractivity contribution in [1.82, 2.24) is 5.32 Å². The smallest absolute Gasteiger partial charge is 0.404 e. The Morgan fingerprint density at radius 1 is 1.00 bits per heavy atom. The monoisotopic (exact) mass is 329 g/mol. The molecule has 0 aliphatic carbocycles. The Bertz CT molecular complexity index is 512. The largest absolute Gasteiger partial charge is 0.531 e. The SMILES string of the molecule is CNCc1ccccc1OP(=O)(OC(C)(C)C)OC(C)(C)C. The molecule has 0 saturated heterocycles. The lowest BCUT2D eigenvalue weighted by Crippen LogP contribution is -2.25. The van der Waals surface area contributed by atoms with Crippen molar-refractivity contribution in [2.45, 2.75) is 59.3 Å². The van der Waals surface area contributed by atoms with E-state index in [2.05, 4.69) is 5.32 Å². The number of hydrogen-bond acceptors (Lipinski definition) is 5. The summed E-state index contributed by atoms with van der Waals surface area (Å²) in [6.45, 7) is 11.5. The molecule has 6 heteroatoms. The Labute approximate surface area is 134 Å². The van der Waals surface area contributed by atoms with Crippen LogP contribution < -0.4 is 9.84 Å². The zero-order chi connectivity index (χ0) is 17.0. The minimum atomic E-state index is -3.76. The summed E-state index contributed by atoms with van der Waals surface area (Å²) in [4.78, 5) is 0. The normalized spacial score (nSPS) is 13.2. The fraction of sp³-hybridized carbons (Fsp3) is 0.625. The van der Waals surface area contributed by atoms with Gasteiger partial charge in [-0.2, -0.15) is 0 Å². The van der Waals surface area contributed by atoms with Gasteiger partial charge in [0.05, 0.1) is 11.2 Å². The van der Waals surface area contributed by atoms with Gasteiger partial charge in [-0.3, -0.25) is 9.05 Å². The van der Waals surface area contributed by atoms with Gasteiger partial charge in [0.2, 0.25) is 0 Å². The van der Waals surface area contributed by atoms with Crippen LogP contribution in [0.25, 0.3) is 0 Å². The zero-order valence-corrected chi connectivity index (χ0v) is 15.5. The molecule has 0 radical (unpaired) electrons. The molecule has 1 N–H and O–H groups in total. The molecule has 0 aliphatic rings. The molecule has 1 aromatic rings. The van der Waals surface area contributed by atoms with E-state index in [0.29, 0.717) is 12.3 Å². The van der Waals surface area contributed by atoms with E-state index < -0.39 is 19.0 Å². The van der Waals surface area contributed by atoms with Gasteiger partial charge >= 0.3 is 7.82 Å². The van der Waals surface area contributed by atoms with Gasteiger partial charge in [0.25, 0.3) is 0 Å². The molecule has 0 aliphatic heterocycles. The number of para-hydroxylation sites is 1. The van der Waals surface area contributed by atoms with Crippen molar-refractivity contribution in [2.24, 2.45) is 0 Å². The van der Waals surface area contributed by atoms with Gasteiger partial charge in [0.15, 0.2) is 0 Å². The highest BCUT2D eigenvalue weighted by Gasteiger charge is 2.39. The molecule has 0 amide bonds. The van der Waals surface area contributed by atoms with Gasteiger partial charge in [-0.25, -0.2) is 4.57 Å². The van der Waals surface area contributed by atoms with Gasteiger partial charge in [-0.05, 0) is 54.7 Å². The van der Waals surface area contributed by atoms with Crippen molar-refractivity contribution in [3.63, 3.8) is 0 Å². The maximum absolute atomic E-state index is 13.1. The number of benzene rings is 1. The lowest BCUT2D eigenvalue weighted by Gasteiger charge is -2.31. The Hall–Kier alpha value is -0.870. The molecule has 126 valence electrons. The van der Waals surface area contributed by atoms with E-state index in [4.69, 9.17) is 13.6 Å². The topological polar surface area (TPSA) is 56.8 Å². The Morgan fingerprint density at radius 3 is 1.95 bits per heavy atom. The number of nitrogens with one attached hydrogen (secondary N) is 1. The maximum atomic E-state index is 13.1. The van der Waals surface area contributed by atoms with Crippen molar-refractivity contribution in [3.05, 3.63) is 29.8 Å². The first-order valence-electron chi connectivity index (χ1n) is 7.38. The van der Waals surface area contributed by atoms with Crippen molar-refractivity contribution < 1.29 is 18.1 Å². The third-order valence-electron chi connectivity index (χ3n) is 2.32. The van der Waals surface area contributed by atoms with Crippen LogP contribution in [0.2, 0.25) is 0 Å². The average Bonchev–Trinajstić information content (AvgIpc) is 2.26. The summed E-state index contributed by atoms with van der Waals surface area (Å²) in [5.74, 6) is 0.494. The molecule has 0 fully saturated rings. The lowest BCUT2D eigenvalue weighted by atomic mass is 10.2. The van der Waals surface area contributed by atoms with Crippen LogP contribution in [0.15, 0.2) is 24.3 Å². The third kappa shape index (κ3) is 6.93. The highest BCUT2D eigenvalue weighted by Crippen LogP contribution is 2.55. The molecule has 0 unspecified atom stereocenters. The van der Waals surface area contributed by atoms with Gasteiger partial charge in [0.1, 0.15) is 5.75 Å². The van der Waals surface area contributed by atoms with E-state index >= 15 is 0 Å². The summed E-state index contributed by atoms with van der Waals surface area (Å²) >= 11 is 0. The summed E-state index contributed by atoms with van der Waals surface area (Å²) < 4.78 is 30.1. The molecule has 0 aromatic heterocycles. The number of rotatable bonds is 6. The first-order valence-corrected chi connectivity index (χ1v) is 8.84. The Balaban J connectivity index is 3.11. The predicted octanol–water partition coefficient (Wildman–Crippen LogP) is 4.52. The molecular weight excluding hydrogens is 301 g/mol. The van der Waals surface area contributed by atoms with Crippen LogP contribution in [0.1, 0.15) is 47.1 Å². The van der Waals surface area contributed by atoms with Gasteiger partial charge < -0.3 is 9.84 Å². The second-order valence-electron chi connectivity index (χ2n) is 7.08. The zero-order valence-electron chi connectivity index (χ0n) is 14.6. The van der Waals surface area contributed by atoms with Crippen LogP contribution >= 0.6 is 7.82 Å². The van der Waals surface area contributed by atoms with Crippen molar-refractivity contribution >= 4 is 7.82 Å². The average molecular weight is 329 g/mol. The molecule has 0 heterocycles. The van der Waals surface area contributed by atoms with Crippen LogP contribution in [0.5, 0.6) is 5.75 Å². The second kappa shape index (κ2) is 7.14. The number of phosphoric acid groups is 1. The van der Waals surface area contributed by atoms with Gasteiger partial charge in [-0.1, -0.05) is 18.2 Å². The molecular formula is C16H28NO4P. The van der Waals surface area contributed by atoms with E-state index in [0.717, 1.165) is 5.56 Å². The van der Waals surface area contributed by atoms with E-state index in [-0.39, 0.29) is 0 Å². The van der Waals surface area contributed by atoms with Crippen LogP contribution in [-0.4, -0.2) is 18.2 Å². The maximum Gasteiger partial charge on any atom is 0.531 e. The van der Waals surface area contributed by atoms with E-state index in [9.17, 15) is 4.57 Å². The van der Waals surface area contributed by atoms with E-state index in [1.807, 2.05) is 66.8 Å². The fourth-order valence-electron chi connectivity index (χ4n) is 1.78. The summed E-state index contributed by atoms with van der Waals surface area (Å²) in [6, 6.07) is 7.40. The highest BCUT2D eigenvalue weighted by atomic mass is 31.2. The van der Waals surface area contributed by atoms with Gasteiger partial charge in [-0.15, -0.1) is 0 Å². The molecule has 1 aromatic carbocycles. The van der Waals surface area contributed by atoms with Crippen LogP contribution in [0.4, 0.5) is 0 Å². The summed E-state index contributed by atoms with van der Waals surface area (Å²) in [5.41, 5.74) is -0.419. The molecule has 1 rings (SSSR count). The summed E-state index contributed by atoms with van der Waals surface area (Å²) in [5, 5.41) is 3.06.